The lowest BCUT2D eigenvalue weighted by Crippen LogP contribution is -2.39. The number of hydrogen-bond donors (Lipinski definition) is 1. The van der Waals surface area contributed by atoms with E-state index in [1.165, 1.54) is 0 Å². The van der Waals surface area contributed by atoms with E-state index >= 15 is 0 Å². The minimum atomic E-state index is 0.0849. The van der Waals surface area contributed by atoms with E-state index in [0.717, 1.165) is 40.7 Å². The van der Waals surface area contributed by atoms with Crippen LogP contribution in [0.5, 0.6) is 0 Å². The Morgan fingerprint density at radius 2 is 2.20 bits per heavy atom. The number of thiophene rings is 1. The summed E-state index contributed by atoms with van der Waals surface area (Å²) in [4.78, 5) is 15.0. The molecular formula is C19H21N3O2S. The van der Waals surface area contributed by atoms with Crippen LogP contribution < -0.4 is 0 Å². The average Bonchev–Trinajstić information content (AvgIpc) is 3.29. The van der Waals surface area contributed by atoms with Gasteiger partial charge in [-0.2, -0.15) is 5.10 Å². The Balaban J connectivity index is 1.53. The normalized spacial score (nSPS) is 18.0. The minimum Gasteiger partial charge on any atom is -0.394 e. The number of piperidine rings is 1. The van der Waals surface area contributed by atoms with E-state index in [0.29, 0.717) is 13.1 Å². The number of amides is 1. The molecule has 130 valence electrons. The van der Waals surface area contributed by atoms with Crippen molar-refractivity contribution in [2.75, 3.05) is 19.7 Å². The number of hydrogen-bond acceptors (Lipinski definition) is 4. The van der Waals surface area contributed by atoms with Crippen molar-refractivity contribution >= 4 is 27.3 Å². The zero-order valence-corrected chi connectivity index (χ0v) is 14.8. The maximum absolute atomic E-state index is 13.0. The zero-order chi connectivity index (χ0) is 17.2. The molecule has 1 amide bonds. The van der Waals surface area contributed by atoms with Gasteiger partial charge in [-0.25, -0.2) is 0 Å². The Morgan fingerprint density at radius 3 is 3.08 bits per heavy atom. The molecule has 1 unspecified atom stereocenters. The Morgan fingerprint density at radius 1 is 1.32 bits per heavy atom. The number of fused-ring (bicyclic) bond motifs is 1. The number of aliphatic hydroxyl groups excluding tert-OH is 1. The van der Waals surface area contributed by atoms with Gasteiger partial charge in [0.1, 0.15) is 0 Å². The van der Waals surface area contributed by atoms with Gasteiger partial charge >= 0.3 is 0 Å². The van der Waals surface area contributed by atoms with Crippen molar-refractivity contribution in [1.82, 2.24) is 14.7 Å². The molecule has 1 aliphatic heterocycles. The predicted molar refractivity (Wildman–Crippen MR) is 99.0 cm³/mol. The smallest absolute Gasteiger partial charge is 0.255 e. The molecule has 1 aliphatic rings. The van der Waals surface area contributed by atoms with Gasteiger partial charge in [-0.05, 0) is 25.0 Å². The Bertz CT molecular complexity index is 886. The zero-order valence-electron chi connectivity index (χ0n) is 14.0. The molecule has 0 aliphatic carbocycles. The Hall–Kier alpha value is -2.18. The molecule has 25 heavy (non-hydrogen) atoms. The van der Waals surface area contributed by atoms with Crippen molar-refractivity contribution in [2.24, 2.45) is 0 Å². The summed E-state index contributed by atoms with van der Waals surface area (Å²) in [5, 5.41) is 16.6. The summed E-state index contributed by atoms with van der Waals surface area (Å²) in [5.74, 6) is 0.388. The van der Waals surface area contributed by atoms with E-state index in [1.54, 1.807) is 16.0 Å². The van der Waals surface area contributed by atoms with Gasteiger partial charge < -0.3 is 10.0 Å². The average molecular weight is 355 g/mol. The number of carbonyl (C=O) groups is 1. The number of rotatable bonds is 4. The summed E-state index contributed by atoms with van der Waals surface area (Å²) in [6.45, 7) is 2.11. The van der Waals surface area contributed by atoms with Gasteiger partial charge in [-0.1, -0.05) is 18.2 Å². The van der Waals surface area contributed by atoms with Crippen LogP contribution in [0.15, 0.2) is 41.9 Å². The molecule has 3 aromatic rings. The van der Waals surface area contributed by atoms with Crippen LogP contribution in [-0.2, 0) is 6.54 Å². The first-order valence-corrected chi connectivity index (χ1v) is 9.54. The van der Waals surface area contributed by atoms with E-state index in [4.69, 9.17) is 5.11 Å². The molecule has 3 heterocycles. The lowest BCUT2D eigenvalue weighted by Gasteiger charge is -2.32. The molecule has 0 spiro atoms. The van der Waals surface area contributed by atoms with Crippen LogP contribution in [-0.4, -0.2) is 45.4 Å². The molecule has 6 heteroatoms. The van der Waals surface area contributed by atoms with Crippen molar-refractivity contribution in [3.8, 4) is 0 Å². The maximum atomic E-state index is 13.0. The van der Waals surface area contributed by atoms with Gasteiger partial charge in [-0.3, -0.25) is 9.48 Å². The fourth-order valence-corrected chi connectivity index (χ4v) is 4.47. The second-order valence-electron chi connectivity index (χ2n) is 6.46. The first kappa shape index (κ1) is 16.3. The fraction of sp³-hybridized carbons (Fsp3) is 0.368. The van der Waals surface area contributed by atoms with Crippen LogP contribution in [0.1, 0.15) is 34.8 Å². The summed E-state index contributed by atoms with van der Waals surface area (Å²) in [6.07, 6.45) is 3.94. The fourth-order valence-electron chi connectivity index (χ4n) is 3.54. The predicted octanol–water partition coefficient (Wildman–Crippen LogP) is 3.11. The lowest BCUT2D eigenvalue weighted by atomic mass is 9.94. The molecule has 1 fully saturated rings. The Kier molecular flexibility index (Phi) is 4.55. The Labute approximate surface area is 150 Å². The highest BCUT2D eigenvalue weighted by molar-refractivity contribution is 7.17. The molecular weight excluding hydrogens is 334 g/mol. The first-order chi connectivity index (χ1) is 12.3. The van der Waals surface area contributed by atoms with Gasteiger partial charge in [0, 0.05) is 40.7 Å². The number of nitrogens with zero attached hydrogens (tertiary/aromatic N) is 3. The number of aliphatic hydroxyl groups is 1. The molecule has 5 nitrogen and oxygen atoms in total. The maximum Gasteiger partial charge on any atom is 0.255 e. The highest BCUT2D eigenvalue weighted by Gasteiger charge is 2.28. The monoisotopic (exact) mass is 355 g/mol. The van der Waals surface area contributed by atoms with Crippen molar-refractivity contribution in [2.45, 2.75) is 25.3 Å². The topological polar surface area (TPSA) is 58.4 Å². The molecule has 1 N–H and O–H groups in total. The number of likely N-dealkylation sites (tertiary alicyclic amines) is 1. The third kappa shape index (κ3) is 3.19. The van der Waals surface area contributed by atoms with Crippen LogP contribution in [0.2, 0.25) is 0 Å². The summed E-state index contributed by atoms with van der Waals surface area (Å²) >= 11 is 1.63. The third-order valence-electron chi connectivity index (χ3n) is 4.83. The van der Waals surface area contributed by atoms with Crippen molar-refractivity contribution < 1.29 is 9.90 Å². The third-order valence-corrected chi connectivity index (χ3v) is 5.79. The van der Waals surface area contributed by atoms with E-state index in [9.17, 15) is 4.79 Å². The summed E-state index contributed by atoms with van der Waals surface area (Å²) in [7, 11) is 0. The number of carbonyl (C=O) groups excluding carboxylic acids is 1. The van der Waals surface area contributed by atoms with Gasteiger partial charge in [0.25, 0.3) is 5.91 Å². The molecule has 0 radical (unpaired) electrons. The summed E-state index contributed by atoms with van der Waals surface area (Å²) in [5.41, 5.74) is 1.83. The molecule has 2 aromatic heterocycles. The van der Waals surface area contributed by atoms with E-state index in [-0.39, 0.29) is 18.4 Å². The van der Waals surface area contributed by atoms with E-state index in [1.807, 2.05) is 40.7 Å². The molecule has 0 saturated carbocycles. The van der Waals surface area contributed by atoms with Gasteiger partial charge in [0.2, 0.25) is 0 Å². The second-order valence-corrected chi connectivity index (χ2v) is 7.37. The molecule has 1 atom stereocenters. The second kappa shape index (κ2) is 6.98. The highest BCUT2D eigenvalue weighted by Crippen LogP contribution is 2.30. The molecule has 1 saturated heterocycles. The lowest BCUT2D eigenvalue weighted by molar-refractivity contribution is 0.0708. The highest BCUT2D eigenvalue weighted by atomic mass is 32.1. The summed E-state index contributed by atoms with van der Waals surface area (Å²) in [6, 6.07) is 10.1. The standard InChI is InChI=1S/C19H21N3O2S/c23-11-10-22-9-7-17(20-22)14-4-3-8-21(12-14)19(24)16-13-25-18-6-2-1-5-15(16)18/h1-2,5-7,9,13-14,23H,3-4,8,10-12H2. The van der Waals surface area contributed by atoms with Gasteiger partial charge in [-0.15, -0.1) is 11.3 Å². The van der Waals surface area contributed by atoms with Crippen molar-refractivity contribution in [1.29, 1.82) is 0 Å². The van der Waals surface area contributed by atoms with Crippen LogP contribution in [0.4, 0.5) is 0 Å². The molecule has 1 aromatic carbocycles. The molecule has 0 bridgehead atoms. The van der Waals surface area contributed by atoms with Crippen LogP contribution in [0.25, 0.3) is 10.1 Å². The molecule has 4 rings (SSSR count). The number of benzene rings is 1. The van der Waals surface area contributed by atoms with Crippen LogP contribution in [0.3, 0.4) is 0 Å². The quantitative estimate of drug-likeness (QED) is 0.782. The largest absolute Gasteiger partial charge is 0.394 e. The van der Waals surface area contributed by atoms with E-state index in [2.05, 4.69) is 11.2 Å². The van der Waals surface area contributed by atoms with E-state index < -0.39 is 0 Å². The van der Waals surface area contributed by atoms with Gasteiger partial charge in [0.15, 0.2) is 0 Å². The van der Waals surface area contributed by atoms with Crippen LogP contribution >= 0.6 is 11.3 Å². The first-order valence-electron chi connectivity index (χ1n) is 8.66. The SMILES string of the molecule is O=C(c1csc2ccccc12)N1CCCC(c2ccn(CCO)n2)C1. The number of aromatic nitrogens is 2. The van der Waals surface area contributed by atoms with Crippen LogP contribution in [0, 0.1) is 0 Å². The minimum absolute atomic E-state index is 0.0849. The summed E-state index contributed by atoms with van der Waals surface area (Å²) < 4.78 is 2.92. The van der Waals surface area contributed by atoms with Crippen molar-refractivity contribution in [3.63, 3.8) is 0 Å². The van der Waals surface area contributed by atoms with Gasteiger partial charge in [0.05, 0.1) is 24.4 Å². The van der Waals surface area contributed by atoms with Crippen molar-refractivity contribution in [3.05, 3.63) is 53.2 Å².